The number of hydrogen-bond acceptors (Lipinski definition) is 1. The molecule has 1 heterocycles. The topological polar surface area (TPSA) is 25.2 Å². The summed E-state index contributed by atoms with van der Waals surface area (Å²) in [4.78, 5) is 15.6. The Hall–Kier alpha value is -2.88. The molecule has 3 aromatic rings. The molecule has 0 aliphatic rings. The number of aromatic nitrogens is 1. The lowest BCUT2D eigenvalue weighted by Crippen LogP contribution is -2.36. The van der Waals surface area contributed by atoms with Crippen LogP contribution in [0, 0.1) is 5.82 Å². The first-order valence-electron chi connectivity index (χ1n) is 11.3. The molecule has 0 N–H and O–H groups in total. The highest BCUT2D eigenvalue weighted by Crippen LogP contribution is 2.24. The van der Waals surface area contributed by atoms with Crippen molar-refractivity contribution in [1.29, 1.82) is 0 Å². The number of amides is 1. The molecule has 2 aromatic carbocycles. The van der Waals surface area contributed by atoms with E-state index < -0.39 is 0 Å². The second kappa shape index (κ2) is 11.5. The molecule has 0 aliphatic heterocycles. The fourth-order valence-corrected chi connectivity index (χ4v) is 4.01. The van der Waals surface area contributed by atoms with Crippen LogP contribution in [0.3, 0.4) is 0 Å². The zero-order valence-corrected chi connectivity index (χ0v) is 18.6. The first-order valence-corrected chi connectivity index (χ1v) is 11.3. The van der Waals surface area contributed by atoms with Crippen LogP contribution in [0.5, 0.6) is 0 Å². The second-order valence-corrected chi connectivity index (χ2v) is 8.09. The molecule has 0 unspecified atom stereocenters. The maximum absolute atomic E-state index is 13.6. The monoisotopic (exact) mass is 420 g/mol. The average molecular weight is 421 g/mol. The molecule has 31 heavy (non-hydrogen) atoms. The van der Waals surface area contributed by atoms with Crippen LogP contribution in [0.2, 0.25) is 0 Å². The number of carbonyl (C=O) groups is 1. The van der Waals surface area contributed by atoms with E-state index >= 15 is 0 Å². The number of hydrogen-bond donors (Lipinski definition) is 0. The Morgan fingerprint density at radius 3 is 2.39 bits per heavy atom. The number of carbonyl (C=O) groups excluding carboxylic acids is 1. The minimum atomic E-state index is -0.226. The summed E-state index contributed by atoms with van der Waals surface area (Å²) in [7, 11) is 0. The highest BCUT2D eigenvalue weighted by Gasteiger charge is 2.25. The molecule has 0 radical (unpaired) electrons. The summed E-state index contributed by atoms with van der Waals surface area (Å²) in [6.07, 6.45) is 6.05. The zero-order valence-electron chi connectivity index (χ0n) is 18.6. The number of unbranched alkanes of at least 4 members (excludes halogenated alkanes) is 2. The Morgan fingerprint density at radius 1 is 0.968 bits per heavy atom. The average Bonchev–Trinajstić information content (AvgIpc) is 3.22. The number of halogens is 1. The Balaban J connectivity index is 1.79. The van der Waals surface area contributed by atoms with Crippen LogP contribution in [0.4, 0.5) is 4.39 Å². The Morgan fingerprint density at radius 2 is 1.71 bits per heavy atom. The zero-order chi connectivity index (χ0) is 22.1. The molecule has 1 aromatic heterocycles. The first-order chi connectivity index (χ1) is 15.1. The van der Waals surface area contributed by atoms with Crippen LogP contribution in [0.15, 0.2) is 72.9 Å². The highest BCUT2D eigenvalue weighted by molar-refractivity contribution is 5.83. The van der Waals surface area contributed by atoms with Gasteiger partial charge < -0.3 is 9.47 Å². The van der Waals surface area contributed by atoms with Crippen LogP contribution >= 0.6 is 0 Å². The van der Waals surface area contributed by atoms with Crippen LogP contribution in [-0.4, -0.2) is 21.9 Å². The Labute approximate surface area is 185 Å². The van der Waals surface area contributed by atoms with Crippen molar-refractivity contribution in [3.05, 3.63) is 95.6 Å². The van der Waals surface area contributed by atoms with Gasteiger partial charge in [0.25, 0.3) is 0 Å². The molecule has 0 fully saturated rings. The summed E-state index contributed by atoms with van der Waals surface area (Å²) in [6.45, 7) is 6.27. The number of benzene rings is 2. The van der Waals surface area contributed by atoms with Gasteiger partial charge in [-0.2, -0.15) is 0 Å². The molecular formula is C27H33FN2O. The quantitative estimate of drug-likeness (QED) is 0.330. The summed E-state index contributed by atoms with van der Waals surface area (Å²) in [6, 6.07) is 20.8. The smallest absolute Gasteiger partial charge is 0.230 e. The summed E-state index contributed by atoms with van der Waals surface area (Å²) in [5.74, 6) is -0.154. The van der Waals surface area contributed by atoms with Crippen molar-refractivity contribution < 1.29 is 9.18 Å². The highest BCUT2D eigenvalue weighted by atomic mass is 19.1. The fraction of sp³-hybridized carbons (Fsp3) is 0.370. The minimum absolute atomic E-state index is 0.122. The van der Waals surface area contributed by atoms with Gasteiger partial charge in [-0.05, 0) is 48.2 Å². The molecule has 3 nitrogen and oxygen atoms in total. The Kier molecular flexibility index (Phi) is 8.45. The predicted molar refractivity (Wildman–Crippen MR) is 124 cm³/mol. The van der Waals surface area contributed by atoms with Gasteiger partial charge in [0.15, 0.2) is 0 Å². The van der Waals surface area contributed by atoms with E-state index in [-0.39, 0.29) is 17.6 Å². The van der Waals surface area contributed by atoms with Crippen molar-refractivity contribution in [3.8, 4) is 0 Å². The largest absolute Gasteiger partial charge is 0.345 e. The van der Waals surface area contributed by atoms with Crippen molar-refractivity contribution in [2.75, 3.05) is 6.54 Å². The maximum Gasteiger partial charge on any atom is 0.230 e. The molecular weight excluding hydrogens is 387 g/mol. The lowest BCUT2D eigenvalue weighted by molar-refractivity contribution is -0.133. The Bertz CT molecular complexity index is 933. The lowest BCUT2D eigenvalue weighted by Gasteiger charge is -2.28. The van der Waals surface area contributed by atoms with Gasteiger partial charge in [-0.3, -0.25) is 4.79 Å². The third-order valence-corrected chi connectivity index (χ3v) is 5.79. The van der Waals surface area contributed by atoms with Crippen molar-refractivity contribution in [2.45, 2.75) is 58.5 Å². The summed E-state index contributed by atoms with van der Waals surface area (Å²) in [5, 5.41) is 0. The number of nitrogens with zero attached hydrogens (tertiary/aromatic N) is 2. The van der Waals surface area contributed by atoms with Crippen molar-refractivity contribution in [1.82, 2.24) is 9.47 Å². The van der Waals surface area contributed by atoms with Gasteiger partial charge in [-0.15, -0.1) is 0 Å². The molecule has 1 atom stereocenters. The SMILES string of the molecule is CCCCCN(Cc1cccn1Cc1ccc(F)cc1)C(=O)[C@@H](CC)c1ccccc1. The first kappa shape index (κ1) is 22.8. The third kappa shape index (κ3) is 6.30. The van der Waals surface area contributed by atoms with Gasteiger partial charge in [0, 0.05) is 25.0 Å². The molecule has 0 spiro atoms. The van der Waals surface area contributed by atoms with E-state index in [1.165, 1.54) is 12.1 Å². The van der Waals surface area contributed by atoms with E-state index in [9.17, 15) is 9.18 Å². The third-order valence-electron chi connectivity index (χ3n) is 5.79. The van der Waals surface area contributed by atoms with Gasteiger partial charge in [-0.25, -0.2) is 4.39 Å². The standard InChI is InChI=1S/C27H33FN2O/c1-3-5-9-18-30(27(31)26(4-2)23-11-7-6-8-12-23)21-25-13-10-19-29(25)20-22-14-16-24(28)17-15-22/h6-8,10-17,19,26H,3-5,9,18,20-21H2,1-2H3/t26-/m0/s1. The molecule has 0 saturated heterocycles. The van der Waals surface area contributed by atoms with Gasteiger partial charge >= 0.3 is 0 Å². The molecule has 0 saturated carbocycles. The van der Waals surface area contributed by atoms with Gasteiger partial charge in [0.05, 0.1) is 12.5 Å². The van der Waals surface area contributed by atoms with E-state index in [0.29, 0.717) is 13.1 Å². The van der Waals surface area contributed by atoms with Crippen molar-refractivity contribution in [3.63, 3.8) is 0 Å². The van der Waals surface area contributed by atoms with Crippen LogP contribution in [-0.2, 0) is 17.9 Å². The van der Waals surface area contributed by atoms with Crippen LogP contribution < -0.4 is 0 Å². The van der Waals surface area contributed by atoms with E-state index in [4.69, 9.17) is 0 Å². The number of rotatable bonds is 11. The van der Waals surface area contributed by atoms with E-state index in [2.05, 4.69) is 24.5 Å². The molecule has 1 amide bonds. The minimum Gasteiger partial charge on any atom is -0.345 e. The van der Waals surface area contributed by atoms with Gasteiger partial charge in [0.1, 0.15) is 5.82 Å². The molecule has 0 bridgehead atoms. The molecule has 4 heteroatoms. The summed E-state index contributed by atoms with van der Waals surface area (Å²) < 4.78 is 15.4. The maximum atomic E-state index is 13.6. The molecule has 3 rings (SSSR count). The van der Waals surface area contributed by atoms with E-state index in [0.717, 1.165) is 49.0 Å². The van der Waals surface area contributed by atoms with E-state index in [1.54, 1.807) is 0 Å². The van der Waals surface area contributed by atoms with Gasteiger partial charge in [0.2, 0.25) is 5.91 Å². The summed E-state index contributed by atoms with van der Waals surface area (Å²) >= 11 is 0. The lowest BCUT2D eigenvalue weighted by atomic mass is 9.94. The van der Waals surface area contributed by atoms with E-state index in [1.807, 2.05) is 59.6 Å². The normalized spacial score (nSPS) is 12.0. The molecule has 0 aliphatic carbocycles. The van der Waals surface area contributed by atoms with Crippen LogP contribution in [0.25, 0.3) is 0 Å². The van der Waals surface area contributed by atoms with Crippen molar-refractivity contribution >= 4 is 5.91 Å². The van der Waals surface area contributed by atoms with Crippen molar-refractivity contribution in [2.24, 2.45) is 0 Å². The fourth-order valence-electron chi connectivity index (χ4n) is 4.01. The van der Waals surface area contributed by atoms with Gasteiger partial charge in [-0.1, -0.05) is 69.2 Å². The molecule has 164 valence electrons. The second-order valence-electron chi connectivity index (χ2n) is 8.09. The predicted octanol–water partition coefficient (Wildman–Crippen LogP) is 6.39. The van der Waals surface area contributed by atoms with Crippen LogP contribution in [0.1, 0.15) is 62.3 Å². The summed E-state index contributed by atoms with van der Waals surface area (Å²) in [5.41, 5.74) is 3.22.